The van der Waals surface area contributed by atoms with Crippen LogP contribution in [0.3, 0.4) is 0 Å². The fourth-order valence-electron chi connectivity index (χ4n) is 10.4. The lowest BCUT2D eigenvalue weighted by atomic mass is 9.79. The second-order valence-electron chi connectivity index (χ2n) is 16.6. The van der Waals surface area contributed by atoms with Crippen molar-refractivity contribution in [3.05, 3.63) is 193 Å². The van der Waals surface area contributed by atoms with Crippen molar-refractivity contribution < 1.29 is 0 Å². The molecule has 1 aliphatic rings. The van der Waals surface area contributed by atoms with Crippen molar-refractivity contribution in [2.75, 3.05) is 0 Å². The average Bonchev–Trinajstić information content (AvgIpc) is 3.86. The van der Waals surface area contributed by atoms with Gasteiger partial charge in [-0.3, -0.25) is 4.57 Å². The normalized spacial score (nSPS) is 13.4. The van der Waals surface area contributed by atoms with Crippen LogP contribution in [0, 0.1) is 0 Å². The van der Waals surface area contributed by atoms with Gasteiger partial charge in [0.25, 0.3) is 0 Å². The van der Waals surface area contributed by atoms with E-state index in [9.17, 15) is 0 Å². The van der Waals surface area contributed by atoms with Gasteiger partial charge in [-0.2, -0.15) is 0 Å². The zero-order valence-corrected chi connectivity index (χ0v) is 32.6. The van der Waals surface area contributed by atoms with Gasteiger partial charge in [-0.05, 0) is 98.4 Å². The van der Waals surface area contributed by atoms with E-state index < -0.39 is 0 Å². The van der Waals surface area contributed by atoms with Gasteiger partial charge in [0, 0.05) is 43.6 Å². The van der Waals surface area contributed by atoms with Crippen molar-refractivity contribution in [1.82, 2.24) is 19.1 Å². The first-order valence-electron chi connectivity index (χ1n) is 20.4. The summed E-state index contributed by atoms with van der Waals surface area (Å²) < 4.78 is 4.70. The summed E-state index contributed by atoms with van der Waals surface area (Å²) in [5.41, 5.74) is 13.8. The third kappa shape index (κ3) is 4.49. The highest BCUT2D eigenvalue weighted by Gasteiger charge is 2.38. The molecule has 0 amide bonds. The Balaban J connectivity index is 1.04. The Hall–Kier alpha value is -7.56. The smallest absolute Gasteiger partial charge is 0.235 e. The maximum Gasteiger partial charge on any atom is 0.235 e. The minimum atomic E-state index is -0.188. The monoisotopic (exact) mass is 752 g/mol. The van der Waals surface area contributed by atoms with E-state index in [4.69, 9.17) is 9.97 Å². The standard InChI is InChI=1S/C55H36N4/c1-55(2)46-22-9-5-16-38(46)41-20-13-21-43(52(41)55)53-42-19-6-10-23-47(42)56-54(57-53)59-49-25-12-8-18-40(49)45-30-36-28-37(27-26-35(36)32-51(45)59)58-48-24-11-7-17-39(48)44-29-33-14-3-4-15-34(33)31-50(44)58/h3-32H,1-2H3. The molecule has 1 aliphatic carbocycles. The number of para-hydroxylation sites is 3. The van der Waals surface area contributed by atoms with Crippen LogP contribution in [-0.4, -0.2) is 19.1 Å². The molecule has 0 N–H and O–H groups in total. The van der Waals surface area contributed by atoms with Crippen molar-refractivity contribution in [1.29, 1.82) is 0 Å². The Morgan fingerprint density at radius 1 is 0.390 bits per heavy atom. The first-order chi connectivity index (χ1) is 29.0. The van der Waals surface area contributed by atoms with E-state index in [1.165, 1.54) is 71.0 Å². The van der Waals surface area contributed by atoms with E-state index in [0.29, 0.717) is 5.95 Å². The van der Waals surface area contributed by atoms with Crippen molar-refractivity contribution in [2.24, 2.45) is 0 Å². The van der Waals surface area contributed by atoms with E-state index in [2.05, 4.69) is 205 Å². The summed E-state index contributed by atoms with van der Waals surface area (Å²) in [4.78, 5) is 10.9. The lowest BCUT2D eigenvalue weighted by Crippen LogP contribution is -2.16. The quantitative estimate of drug-likeness (QED) is 0.180. The predicted octanol–water partition coefficient (Wildman–Crippen LogP) is 14.1. The van der Waals surface area contributed by atoms with Gasteiger partial charge >= 0.3 is 0 Å². The molecule has 3 aromatic heterocycles. The maximum atomic E-state index is 5.58. The second-order valence-corrected chi connectivity index (χ2v) is 16.6. The van der Waals surface area contributed by atoms with Crippen LogP contribution in [0.1, 0.15) is 25.0 Å². The molecule has 0 atom stereocenters. The zero-order chi connectivity index (χ0) is 39.0. The van der Waals surface area contributed by atoms with Gasteiger partial charge in [0.15, 0.2) is 0 Å². The van der Waals surface area contributed by atoms with E-state index in [1.54, 1.807) is 0 Å². The van der Waals surface area contributed by atoms with Gasteiger partial charge < -0.3 is 4.57 Å². The molecule has 13 rings (SSSR count). The molecule has 3 heterocycles. The Labute approximate surface area is 340 Å². The average molecular weight is 753 g/mol. The predicted molar refractivity (Wildman–Crippen MR) is 246 cm³/mol. The molecule has 12 aromatic rings. The number of nitrogens with zero attached hydrogens (tertiary/aromatic N) is 4. The van der Waals surface area contributed by atoms with Crippen LogP contribution in [0.25, 0.3) is 110 Å². The van der Waals surface area contributed by atoms with E-state index >= 15 is 0 Å². The molecule has 0 unspecified atom stereocenters. The summed E-state index contributed by atoms with van der Waals surface area (Å²) in [5, 5.41) is 10.8. The molecule has 0 saturated heterocycles. The molecule has 0 radical (unpaired) electrons. The van der Waals surface area contributed by atoms with Crippen LogP contribution in [0.4, 0.5) is 0 Å². The lowest BCUT2D eigenvalue weighted by Gasteiger charge is -2.24. The van der Waals surface area contributed by atoms with Crippen LogP contribution in [0.5, 0.6) is 0 Å². The van der Waals surface area contributed by atoms with Crippen LogP contribution < -0.4 is 0 Å². The molecular weight excluding hydrogens is 717 g/mol. The number of rotatable bonds is 3. The van der Waals surface area contributed by atoms with Crippen molar-refractivity contribution >= 4 is 76.1 Å². The van der Waals surface area contributed by atoms with Crippen LogP contribution in [-0.2, 0) is 5.41 Å². The number of aromatic nitrogens is 4. The van der Waals surface area contributed by atoms with Crippen molar-refractivity contribution in [3.63, 3.8) is 0 Å². The van der Waals surface area contributed by atoms with Crippen molar-refractivity contribution in [3.8, 4) is 34.0 Å². The molecule has 0 spiro atoms. The fourth-order valence-corrected chi connectivity index (χ4v) is 10.4. The topological polar surface area (TPSA) is 35.6 Å². The molecule has 0 fully saturated rings. The van der Waals surface area contributed by atoms with Gasteiger partial charge in [0.1, 0.15) is 0 Å². The summed E-state index contributed by atoms with van der Waals surface area (Å²) >= 11 is 0. The molecule has 0 aliphatic heterocycles. The number of hydrogen-bond donors (Lipinski definition) is 0. The van der Waals surface area contributed by atoms with E-state index in [0.717, 1.165) is 44.3 Å². The van der Waals surface area contributed by atoms with Crippen LogP contribution in [0.15, 0.2) is 182 Å². The fraction of sp³-hybridized carbons (Fsp3) is 0.0545. The number of benzene rings is 9. The third-order valence-electron chi connectivity index (χ3n) is 13.0. The van der Waals surface area contributed by atoms with Crippen molar-refractivity contribution in [2.45, 2.75) is 19.3 Å². The Kier molecular flexibility index (Phi) is 6.48. The van der Waals surface area contributed by atoms with Crippen LogP contribution >= 0.6 is 0 Å². The summed E-state index contributed by atoms with van der Waals surface area (Å²) in [5.74, 6) is 0.671. The summed E-state index contributed by atoms with van der Waals surface area (Å²) in [6, 6.07) is 66.4. The SMILES string of the molecule is CC1(C)c2ccccc2-c2cccc(-c3nc(-n4c5ccccc5c5cc6cc(-n7c8ccccc8c8cc9ccccc9cc87)ccc6cc54)nc4ccccc34)c21. The third-order valence-corrected chi connectivity index (χ3v) is 13.0. The maximum absolute atomic E-state index is 5.58. The van der Waals surface area contributed by atoms with Gasteiger partial charge in [0.05, 0.1) is 33.3 Å². The molecule has 4 nitrogen and oxygen atoms in total. The number of hydrogen-bond acceptors (Lipinski definition) is 2. The molecule has 4 heteroatoms. The summed E-state index contributed by atoms with van der Waals surface area (Å²) in [6.45, 7) is 4.69. The van der Waals surface area contributed by atoms with E-state index in [-0.39, 0.29) is 5.41 Å². The largest absolute Gasteiger partial charge is 0.309 e. The van der Waals surface area contributed by atoms with Crippen LogP contribution in [0.2, 0.25) is 0 Å². The highest BCUT2D eigenvalue weighted by atomic mass is 15.2. The molecule has 0 saturated carbocycles. The van der Waals surface area contributed by atoms with Gasteiger partial charge in [0.2, 0.25) is 5.95 Å². The highest BCUT2D eigenvalue weighted by Crippen LogP contribution is 2.52. The highest BCUT2D eigenvalue weighted by molar-refractivity contribution is 6.15. The van der Waals surface area contributed by atoms with Gasteiger partial charge in [-0.1, -0.05) is 141 Å². The minimum Gasteiger partial charge on any atom is -0.309 e. The molecule has 59 heavy (non-hydrogen) atoms. The first-order valence-corrected chi connectivity index (χ1v) is 20.4. The molecular formula is C55H36N4. The molecule has 0 bridgehead atoms. The lowest BCUT2D eigenvalue weighted by molar-refractivity contribution is 0.662. The summed E-state index contributed by atoms with van der Waals surface area (Å²) in [7, 11) is 0. The first kappa shape index (κ1) is 32.5. The van der Waals surface area contributed by atoms with Gasteiger partial charge in [-0.15, -0.1) is 0 Å². The Bertz CT molecular complexity index is 3770. The van der Waals surface area contributed by atoms with E-state index in [1.807, 2.05) is 0 Å². The summed E-state index contributed by atoms with van der Waals surface area (Å²) in [6.07, 6.45) is 0. The zero-order valence-electron chi connectivity index (χ0n) is 32.6. The Morgan fingerprint density at radius 3 is 1.76 bits per heavy atom. The molecule has 9 aromatic carbocycles. The Morgan fingerprint density at radius 2 is 0.966 bits per heavy atom. The second kappa shape index (κ2) is 11.7. The van der Waals surface area contributed by atoms with Gasteiger partial charge in [-0.25, -0.2) is 9.97 Å². The number of fused-ring (bicyclic) bond motifs is 12. The molecule has 276 valence electrons. The minimum absolute atomic E-state index is 0.188.